The monoisotopic (exact) mass is 220 g/mol. The Morgan fingerprint density at radius 3 is 3.06 bits per heavy atom. The number of aliphatic hydroxyl groups excluding tert-OH is 1. The summed E-state index contributed by atoms with van der Waals surface area (Å²) in [6.45, 7) is 5.71. The van der Waals surface area contributed by atoms with Crippen LogP contribution in [0, 0.1) is 5.92 Å². The smallest absolute Gasteiger partial charge is 0.0703 e. The second-order valence-electron chi connectivity index (χ2n) is 4.81. The van der Waals surface area contributed by atoms with Crippen LogP contribution in [0.4, 0.5) is 5.69 Å². The molecule has 3 heteroatoms. The minimum Gasteiger partial charge on any atom is -0.392 e. The van der Waals surface area contributed by atoms with E-state index in [1.54, 1.807) is 6.20 Å². The Balaban J connectivity index is 2.28. The summed E-state index contributed by atoms with van der Waals surface area (Å²) in [7, 11) is 0. The Morgan fingerprint density at radius 1 is 1.56 bits per heavy atom. The molecular formula is C13H20N2O. The quantitative estimate of drug-likeness (QED) is 0.848. The Labute approximate surface area is 97.1 Å². The van der Waals surface area contributed by atoms with E-state index in [4.69, 9.17) is 0 Å². The van der Waals surface area contributed by atoms with Crippen molar-refractivity contribution in [1.82, 2.24) is 4.98 Å². The van der Waals surface area contributed by atoms with E-state index in [0.29, 0.717) is 12.0 Å². The van der Waals surface area contributed by atoms with E-state index < -0.39 is 0 Å². The van der Waals surface area contributed by atoms with Crippen LogP contribution in [0.5, 0.6) is 0 Å². The highest BCUT2D eigenvalue weighted by Gasteiger charge is 2.28. The summed E-state index contributed by atoms with van der Waals surface area (Å²) in [6.07, 6.45) is 6.11. The molecule has 88 valence electrons. The fourth-order valence-electron chi connectivity index (χ4n) is 2.59. The molecule has 0 radical (unpaired) electrons. The number of aromatic nitrogens is 1. The van der Waals surface area contributed by atoms with Gasteiger partial charge >= 0.3 is 0 Å². The third kappa shape index (κ3) is 2.05. The number of nitrogens with zero attached hydrogens (tertiary/aromatic N) is 2. The normalized spacial score (nSPS) is 20.8. The van der Waals surface area contributed by atoms with Crippen LogP contribution in [-0.2, 0) is 6.61 Å². The van der Waals surface area contributed by atoms with Crippen molar-refractivity contribution in [3.05, 3.63) is 24.0 Å². The molecule has 1 fully saturated rings. The Hall–Kier alpha value is -1.09. The maximum Gasteiger partial charge on any atom is 0.0703 e. The Morgan fingerprint density at radius 2 is 2.38 bits per heavy atom. The first-order valence-corrected chi connectivity index (χ1v) is 6.04. The van der Waals surface area contributed by atoms with Gasteiger partial charge in [-0.2, -0.15) is 0 Å². The van der Waals surface area contributed by atoms with E-state index in [-0.39, 0.29) is 6.61 Å². The van der Waals surface area contributed by atoms with Crippen LogP contribution in [0.25, 0.3) is 0 Å². The summed E-state index contributed by atoms with van der Waals surface area (Å²) in [5, 5.41) is 9.35. The molecular weight excluding hydrogens is 200 g/mol. The number of aliphatic hydroxyl groups is 1. The third-order valence-electron chi connectivity index (χ3n) is 3.44. The van der Waals surface area contributed by atoms with Crippen molar-refractivity contribution in [1.29, 1.82) is 0 Å². The summed E-state index contributed by atoms with van der Waals surface area (Å²) in [6, 6.07) is 2.50. The van der Waals surface area contributed by atoms with Gasteiger partial charge in [-0.3, -0.25) is 4.98 Å². The molecule has 0 aromatic carbocycles. The molecule has 1 N–H and O–H groups in total. The van der Waals surface area contributed by atoms with E-state index >= 15 is 0 Å². The molecule has 0 spiro atoms. The molecule has 1 aliphatic rings. The molecule has 0 amide bonds. The molecule has 2 heterocycles. The summed E-state index contributed by atoms with van der Waals surface area (Å²) in [4.78, 5) is 6.58. The first-order valence-electron chi connectivity index (χ1n) is 6.04. The molecule has 0 saturated carbocycles. The van der Waals surface area contributed by atoms with Crippen LogP contribution in [0.1, 0.15) is 32.3 Å². The van der Waals surface area contributed by atoms with Crippen molar-refractivity contribution in [3.8, 4) is 0 Å². The molecule has 1 aliphatic heterocycles. The van der Waals surface area contributed by atoms with E-state index in [1.807, 2.05) is 12.3 Å². The standard InChI is InChI=1S/C13H20N2O/c1-10(2)12-4-3-7-15(12)13-8-14-6-5-11(13)9-16/h5-6,8,10,12,16H,3-4,7,9H2,1-2H3. The number of pyridine rings is 1. The molecule has 16 heavy (non-hydrogen) atoms. The Kier molecular flexibility index (Phi) is 3.44. The van der Waals surface area contributed by atoms with E-state index in [1.165, 1.54) is 12.8 Å². The zero-order chi connectivity index (χ0) is 11.5. The van der Waals surface area contributed by atoms with Crippen molar-refractivity contribution in [2.75, 3.05) is 11.4 Å². The van der Waals surface area contributed by atoms with Gasteiger partial charge in [-0.25, -0.2) is 0 Å². The van der Waals surface area contributed by atoms with Crippen LogP contribution in [-0.4, -0.2) is 22.7 Å². The van der Waals surface area contributed by atoms with Crippen molar-refractivity contribution in [2.45, 2.75) is 39.3 Å². The molecule has 0 bridgehead atoms. The molecule has 1 saturated heterocycles. The Bertz CT molecular complexity index is 352. The zero-order valence-corrected chi connectivity index (χ0v) is 10.1. The number of rotatable bonds is 3. The summed E-state index contributed by atoms with van der Waals surface area (Å²) < 4.78 is 0. The van der Waals surface area contributed by atoms with Gasteiger partial charge in [-0.05, 0) is 24.8 Å². The molecule has 2 rings (SSSR count). The maximum atomic E-state index is 9.35. The zero-order valence-electron chi connectivity index (χ0n) is 10.1. The second-order valence-corrected chi connectivity index (χ2v) is 4.81. The molecule has 1 aromatic heterocycles. The highest BCUT2D eigenvalue weighted by Crippen LogP contribution is 2.31. The number of anilines is 1. The predicted octanol–water partition coefficient (Wildman–Crippen LogP) is 2.20. The summed E-state index contributed by atoms with van der Waals surface area (Å²) >= 11 is 0. The minimum atomic E-state index is 0.0964. The maximum absolute atomic E-state index is 9.35. The lowest BCUT2D eigenvalue weighted by atomic mass is 10.0. The van der Waals surface area contributed by atoms with Gasteiger partial charge in [-0.1, -0.05) is 13.8 Å². The van der Waals surface area contributed by atoms with Gasteiger partial charge in [0, 0.05) is 24.3 Å². The van der Waals surface area contributed by atoms with Crippen molar-refractivity contribution in [2.24, 2.45) is 5.92 Å². The third-order valence-corrected chi connectivity index (χ3v) is 3.44. The molecule has 1 atom stereocenters. The molecule has 3 nitrogen and oxygen atoms in total. The van der Waals surface area contributed by atoms with Gasteiger partial charge in [0.25, 0.3) is 0 Å². The lowest BCUT2D eigenvalue weighted by Crippen LogP contribution is -2.34. The van der Waals surface area contributed by atoms with Crippen LogP contribution < -0.4 is 4.90 Å². The van der Waals surface area contributed by atoms with Gasteiger partial charge in [0.2, 0.25) is 0 Å². The molecule has 1 unspecified atom stereocenters. The van der Waals surface area contributed by atoms with E-state index in [9.17, 15) is 5.11 Å². The van der Waals surface area contributed by atoms with E-state index in [2.05, 4.69) is 23.7 Å². The average Bonchev–Trinajstić information content (AvgIpc) is 2.77. The average molecular weight is 220 g/mol. The van der Waals surface area contributed by atoms with Crippen LogP contribution in [0.3, 0.4) is 0 Å². The fraction of sp³-hybridized carbons (Fsp3) is 0.615. The number of hydrogen-bond acceptors (Lipinski definition) is 3. The van der Waals surface area contributed by atoms with Gasteiger partial charge in [-0.15, -0.1) is 0 Å². The molecule has 1 aromatic rings. The SMILES string of the molecule is CC(C)C1CCCN1c1cnccc1CO. The van der Waals surface area contributed by atoms with Gasteiger partial charge in [0.1, 0.15) is 0 Å². The largest absolute Gasteiger partial charge is 0.392 e. The first-order chi connectivity index (χ1) is 7.74. The summed E-state index contributed by atoms with van der Waals surface area (Å²) in [5.41, 5.74) is 2.10. The van der Waals surface area contributed by atoms with Crippen LogP contribution >= 0.6 is 0 Å². The van der Waals surface area contributed by atoms with Crippen LogP contribution in [0.15, 0.2) is 18.5 Å². The highest BCUT2D eigenvalue weighted by atomic mass is 16.3. The minimum absolute atomic E-state index is 0.0964. The fourth-order valence-corrected chi connectivity index (χ4v) is 2.59. The van der Waals surface area contributed by atoms with Crippen LogP contribution in [0.2, 0.25) is 0 Å². The van der Waals surface area contributed by atoms with Gasteiger partial charge in [0.05, 0.1) is 18.5 Å². The molecule has 0 aliphatic carbocycles. The topological polar surface area (TPSA) is 36.4 Å². The first kappa shape index (κ1) is 11.4. The van der Waals surface area contributed by atoms with E-state index in [0.717, 1.165) is 17.8 Å². The van der Waals surface area contributed by atoms with Gasteiger partial charge in [0.15, 0.2) is 0 Å². The number of hydrogen-bond donors (Lipinski definition) is 1. The lowest BCUT2D eigenvalue weighted by Gasteiger charge is -2.30. The second kappa shape index (κ2) is 4.83. The highest BCUT2D eigenvalue weighted by molar-refractivity contribution is 5.53. The summed E-state index contributed by atoms with van der Waals surface area (Å²) in [5.74, 6) is 0.647. The predicted molar refractivity (Wildman–Crippen MR) is 65.4 cm³/mol. The van der Waals surface area contributed by atoms with Crippen molar-refractivity contribution < 1.29 is 5.11 Å². The van der Waals surface area contributed by atoms with Crippen molar-refractivity contribution >= 4 is 5.69 Å². The van der Waals surface area contributed by atoms with Crippen molar-refractivity contribution in [3.63, 3.8) is 0 Å². The van der Waals surface area contributed by atoms with Gasteiger partial charge < -0.3 is 10.0 Å². The lowest BCUT2D eigenvalue weighted by molar-refractivity contribution is 0.281.